The molecular weight excluding hydrogens is 451 g/mol. The molecule has 2 aromatic rings. The van der Waals surface area contributed by atoms with E-state index in [0.29, 0.717) is 19.0 Å². The molecule has 1 N–H and O–H groups in total. The van der Waals surface area contributed by atoms with Crippen LogP contribution in [0.1, 0.15) is 21.5 Å². The van der Waals surface area contributed by atoms with Crippen molar-refractivity contribution in [3.63, 3.8) is 0 Å². The minimum atomic E-state index is -3.88. The van der Waals surface area contributed by atoms with Crippen molar-refractivity contribution in [1.82, 2.24) is 9.62 Å². The minimum Gasteiger partial charge on any atom is -0.496 e. The molecule has 2 aromatic carbocycles. The van der Waals surface area contributed by atoms with Gasteiger partial charge in [-0.05, 0) is 36.2 Å². The molecule has 0 saturated carbocycles. The molecule has 10 heteroatoms. The van der Waals surface area contributed by atoms with E-state index in [2.05, 4.69) is 5.32 Å². The number of aryl methyl sites for hydroxylation is 1. The van der Waals surface area contributed by atoms with Crippen molar-refractivity contribution in [3.05, 3.63) is 57.1 Å². The third-order valence-corrected chi connectivity index (χ3v) is 7.46. The smallest absolute Gasteiger partial charge is 0.253 e. The van der Waals surface area contributed by atoms with E-state index in [4.69, 9.17) is 32.7 Å². The van der Waals surface area contributed by atoms with E-state index < -0.39 is 15.9 Å². The molecule has 0 radical (unpaired) electrons. The van der Waals surface area contributed by atoms with Crippen LogP contribution in [0.5, 0.6) is 5.75 Å². The van der Waals surface area contributed by atoms with Gasteiger partial charge in [0.05, 0.1) is 35.9 Å². The van der Waals surface area contributed by atoms with Crippen LogP contribution in [0.3, 0.4) is 0 Å². The lowest BCUT2D eigenvalue weighted by Crippen LogP contribution is -2.40. The van der Waals surface area contributed by atoms with Crippen molar-refractivity contribution in [3.8, 4) is 5.75 Å². The SMILES string of the molecule is COc1cc(CNC(=O)c2cc(S(=O)(=O)N3CCOCC3)c(Cl)cc2Cl)ccc1C. The number of hydrogen-bond donors (Lipinski definition) is 1. The number of nitrogens with zero attached hydrogens (tertiary/aromatic N) is 1. The van der Waals surface area contributed by atoms with Crippen LogP contribution in [0.15, 0.2) is 35.2 Å². The maximum Gasteiger partial charge on any atom is 0.253 e. The maximum atomic E-state index is 13.0. The van der Waals surface area contributed by atoms with Gasteiger partial charge in [0.15, 0.2) is 0 Å². The molecule has 1 aliphatic heterocycles. The van der Waals surface area contributed by atoms with E-state index in [0.717, 1.165) is 11.1 Å². The topological polar surface area (TPSA) is 84.9 Å². The number of carbonyl (C=O) groups excluding carboxylic acids is 1. The predicted octanol–water partition coefficient (Wildman–Crippen LogP) is 3.26. The highest BCUT2D eigenvalue weighted by Crippen LogP contribution is 2.31. The number of morpholine rings is 1. The number of nitrogens with one attached hydrogen (secondary N) is 1. The lowest BCUT2D eigenvalue weighted by Gasteiger charge is -2.26. The first-order valence-electron chi connectivity index (χ1n) is 9.22. The summed E-state index contributed by atoms with van der Waals surface area (Å²) in [5, 5.41) is 2.79. The third kappa shape index (κ3) is 4.90. The average molecular weight is 473 g/mol. The monoisotopic (exact) mass is 472 g/mol. The Morgan fingerprint density at radius 1 is 1.17 bits per heavy atom. The summed E-state index contributed by atoms with van der Waals surface area (Å²) in [5.41, 5.74) is 1.84. The van der Waals surface area contributed by atoms with Gasteiger partial charge in [0.2, 0.25) is 10.0 Å². The Hall–Kier alpha value is -1.84. The Balaban J connectivity index is 1.83. The van der Waals surface area contributed by atoms with E-state index >= 15 is 0 Å². The highest BCUT2D eigenvalue weighted by Gasteiger charge is 2.30. The molecule has 0 unspecified atom stereocenters. The molecule has 3 rings (SSSR count). The molecule has 0 atom stereocenters. The summed E-state index contributed by atoms with van der Waals surface area (Å²) < 4.78 is 37.7. The molecule has 162 valence electrons. The van der Waals surface area contributed by atoms with Crippen LogP contribution in [0.4, 0.5) is 0 Å². The second-order valence-electron chi connectivity index (χ2n) is 6.77. The standard InChI is InChI=1S/C20H22Cl2N2O5S/c1-13-3-4-14(9-18(13)28-2)12-23-20(25)15-10-19(17(22)11-16(15)21)30(26,27)24-5-7-29-8-6-24/h3-4,9-11H,5-8,12H2,1-2H3,(H,23,25). The van der Waals surface area contributed by atoms with Gasteiger partial charge in [-0.3, -0.25) is 4.79 Å². The third-order valence-electron chi connectivity index (χ3n) is 4.78. The summed E-state index contributed by atoms with van der Waals surface area (Å²) in [6.45, 7) is 3.19. The Kier molecular flexibility index (Phi) is 7.26. The van der Waals surface area contributed by atoms with Crippen LogP contribution in [-0.2, 0) is 21.3 Å². The number of hydrogen-bond acceptors (Lipinski definition) is 5. The molecule has 7 nitrogen and oxygen atoms in total. The number of benzene rings is 2. The molecule has 0 spiro atoms. The largest absolute Gasteiger partial charge is 0.496 e. The number of methoxy groups -OCH3 is 1. The highest BCUT2D eigenvalue weighted by atomic mass is 35.5. The van der Waals surface area contributed by atoms with Crippen LogP contribution in [0.2, 0.25) is 10.0 Å². The van der Waals surface area contributed by atoms with E-state index in [9.17, 15) is 13.2 Å². The molecule has 1 saturated heterocycles. The highest BCUT2D eigenvalue weighted by molar-refractivity contribution is 7.89. The summed E-state index contributed by atoms with van der Waals surface area (Å²) in [4.78, 5) is 12.6. The van der Waals surface area contributed by atoms with Crippen molar-refractivity contribution in [1.29, 1.82) is 0 Å². The van der Waals surface area contributed by atoms with Gasteiger partial charge in [-0.1, -0.05) is 35.3 Å². The molecule has 1 fully saturated rings. The van der Waals surface area contributed by atoms with Crippen LogP contribution in [0.25, 0.3) is 0 Å². The molecular formula is C20H22Cl2N2O5S. The summed E-state index contributed by atoms with van der Waals surface area (Å²) in [6.07, 6.45) is 0. The van der Waals surface area contributed by atoms with Crippen molar-refractivity contribution in [2.24, 2.45) is 0 Å². The van der Waals surface area contributed by atoms with Gasteiger partial charge in [0.1, 0.15) is 10.6 Å². The van der Waals surface area contributed by atoms with E-state index in [-0.39, 0.29) is 40.1 Å². The quantitative estimate of drug-likeness (QED) is 0.697. The van der Waals surface area contributed by atoms with E-state index in [1.165, 1.54) is 16.4 Å². The van der Waals surface area contributed by atoms with Crippen LogP contribution < -0.4 is 10.1 Å². The first-order chi connectivity index (χ1) is 14.2. The Morgan fingerprint density at radius 2 is 1.87 bits per heavy atom. The van der Waals surface area contributed by atoms with Crippen LogP contribution in [-0.4, -0.2) is 52.0 Å². The fourth-order valence-electron chi connectivity index (χ4n) is 3.08. The number of amides is 1. The van der Waals surface area contributed by atoms with Crippen molar-refractivity contribution >= 4 is 39.1 Å². The minimum absolute atomic E-state index is 0.0342. The summed E-state index contributed by atoms with van der Waals surface area (Å²) in [6, 6.07) is 8.09. The lowest BCUT2D eigenvalue weighted by atomic mass is 10.1. The van der Waals surface area contributed by atoms with Gasteiger partial charge in [-0.15, -0.1) is 0 Å². The van der Waals surface area contributed by atoms with Gasteiger partial charge in [-0.2, -0.15) is 4.31 Å². The first-order valence-corrected chi connectivity index (χ1v) is 11.4. The molecule has 0 bridgehead atoms. The molecule has 1 aliphatic rings. The van der Waals surface area contributed by atoms with Gasteiger partial charge in [0, 0.05) is 19.6 Å². The fraction of sp³-hybridized carbons (Fsp3) is 0.350. The van der Waals surface area contributed by atoms with Gasteiger partial charge in [0.25, 0.3) is 5.91 Å². The fourth-order valence-corrected chi connectivity index (χ4v) is 5.32. The normalized spacial score (nSPS) is 15.1. The van der Waals surface area contributed by atoms with Crippen molar-refractivity contribution < 1.29 is 22.7 Å². The number of carbonyl (C=O) groups is 1. The zero-order chi connectivity index (χ0) is 21.9. The zero-order valence-corrected chi connectivity index (χ0v) is 18.9. The first kappa shape index (κ1) is 22.8. The van der Waals surface area contributed by atoms with Crippen molar-refractivity contribution in [2.75, 3.05) is 33.4 Å². The molecule has 0 aliphatic carbocycles. The van der Waals surface area contributed by atoms with Crippen LogP contribution in [0, 0.1) is 6.92 Å². The average Bonchev–Trinajstić information content (AvgIpc) is 2.73. The second kappa shape index (κ2) is 9.53. The Labute approximate surface area is 185 Å². The number of sulfonamides is 1. The Bertz CT molecular complexity index is 1050. The Morgan fingerprint density at radius 3 is 2.53 bits per heavy atom. The van der Waals surface area contributed by atoms with Gasteiger partial charge >= 0.3 is 0 Å². The molecule has 0 aromatic heterocycles. The predicted molar refractivity (Wildman–Crippen MR) is 115 cm³/mol. The molecule has 1 amide bonds. The number of rotatable bonds is 6. The van der Waals surface area contributed by atoms with E-state index in [1.807, 2.05) is 25.1 Å². The van der Waals surface area contributed by atoms with Crippen molar-refractivity contribution in [2.45, 2.75) is 18.4 Å². The summed E-state index contributed by atoms with van der Waals surface area (Å²) >= 11 is 12.4. The molecule has 30 heavy (non-hydrogen) atoms. The maximum absolute atomic E-state index is 13.0. The van der Waals surface area contributed by atoms with Gasteiger partial charge < -0.3 is 14.8 Å². The summed E-state index contributed by atoms with van der Waals surface area (Å²) in [7, 11) is -2.30. The van der Waals surface area contributed by atoms with Gasteiger partial charge in [-0.25, -0.2) is 8.42 Å². The molecule has 1 heterocycles. The number of ether oxygens (including phenoxy) is 2. The number of halogens is 2. The van der Waals surface area contributed by atoms with E-state index in [1.54, 1.807) is 7.11 Å². The lowest BCUT2D eigenvalue weighted by molar-refractivity contribution is 0.0730. The van der Waals surface area contributed by atoms with Crippen LogP contribution >= 0.6 is 23.2 Å². The summed E-state index contributed by atoms with van der Waals surface area (Å²) in [5.74, 6) is 0.208. The zero-order valence-electron chi connectivity index (χ0n) is 16.6. The second-order valence-corrected chi connectivity index (χ2v) is 9.49.